The molecule has 0 amide bonds. The lowest BCUT2D eigenvalue weighted by Gasteiger charge is -2.24. The number of hydrogen-bond donors (Lipinski definition) is 2. The molecule has 0 fully saturated rings. The minimum absolute atomic E-state index is 0.314. The molecule has 3 atom stereocenters. The lowest BCUT2D eigenvalue weighted by Crippen LogP contribution is -2.37. The van der Waals surface area contributed by atoms with Crippen LogP contribution in [0.5, 0.6) is 0 Å². The maximum atomic E-state index is 8.76. The number of aliphatic hydroxyl groups excluding tert-OH is 1. The molecule has 0 aromatic rings. The highest BCUT2D eigenvalue weighted by atomic mass is 16.2. The van der Waals surface area contributed by atoms with Gasteiger partial charge in [-0.2, -0.15) is 0 Å². The molecule has 0 radical (unpaired) electrons. The van der Waals surface area contributed by atoms with Crippen LogP contribution in [-0.4, -0.2) is 23.8 Å². The molecular weight excluding hydrogens is 186 g/mol. The molecule has 0 bridgehead atoms. The molecule has 0 heterocycles. The molecule has 0 saturated carbocycles. The smallest absolute Gasteiger partial charge is 0.0431 e. The Kier molecular flexibility index (Phi) is 9.12. The molecule has 2 heteroatoms. The molecule has 92 valence electrons. The third-order valence-electron chi connectivity index (χ3n) is 3.19. The van der Waals surface area contributed by atoms with Crippen LogP contribution < -0.4 is 5.32 Å². The second-order valence-electron chi connectivity index (χ2n) is 4.79. The van der Waals surface area contributed by atoms with Crippen molar-refractivity contribution in [1.82, 2.24) is 5.32 Å². The van der Waals surface area contributed by atoms with Gasteiger partial charge in [-0.05, 0) is 38.5 Å². The fourth-order valence-electron chi connectivity index (χ4n) is 1.89. The zero-order chi connectivity index (χ0) is 11.7. The van der Waals surface area contributed by atoms with Gasteiger partial charge in [0.2, 0.25) is 0 Å². The Bertz CT molecular complexity index is 138. The van der Waals surface area contributed by atoms with Gasteiger partial charge in [0.05, 0.1) is 0 Å². The Morgan fingerprint density at radius 2 is 1.80 bits per heavy atom. The summed E-state index contributed by atoms with van der Waals surface area (Å²) in [5, 5.41) is 12.4. The van der Waals surface area contributed by atoms with Crippen molar-refractivity contribution in [2.24, 2.45) is 5.92 Å². The molecule has 0 aliphatic carbocycles. The standard InChI is InChI=1S/C13H29NO/c1-5-11(3)10-13(6-2)14-12(4)8-7-9-15/h11-15H,5-10H2,1-4H3/t11-,12-,13+/m0/s1. The van der Waals surface area contributed by atoms with Gasteiger partial charge in [0.15, 0.2) is 0 Å². The average molecular weight is 215 g/mol. The zero-order valence-corrected chi connectivity index (χ0v) is 10.9. The van der Waals surface area contributed by atoms with E-state index < -0.39 is 0 Å². The van der Waals surface area contributed by atoms with Crippen molar-refractivity contribution in [3.8, 4) is 0 Å². The molecule has 0 unspecified atom stereocenters. The van der Waals surface area contributed by atoms with Crippen molar-refractivity contribution in [2.45, 2.75) is 71.9 Å². The van der Waals surface area contributed by atoms with E-state index in [0.29, 0.717) is 18.7 Å². The summed E-state index contributed by atoms with van der Waals surface area (Å²) < 4.78 is 0. The van der Waals surface area contributed by atoms with E-state index in [2.05, 4.69) is 33.0 Å². The van der Waals surface area contributed by atoms with Gasteiger partial charge in [0.25, 0.3) is 0 Å². The van der Waals surface area contributed by atoms with Crippen LogP contribution in [0.1, 0.15) is 59.8 Å². The van der Waals surface area contributed by atoms with E-state index in [1.807, 2.05) is 0 Å². The van der Waals surface area contributed by atoms with Gasteiger partial charge in [-0.25, -0.2) is 0 Å². The second kappa shape index (κ2) is 9.17. The Labute approximate surface area is 95.5 Å². The van der Waals surface area contributed by atoms with Crippen LogP contribution in [0.3, 0.4) is 0 Å². The van der Waals surface area contributed by atoms with Gasteiger partial charge < -0.3 is 10.4 Å². The maximum Gasteiger partial charge on any atom is 0.0431 e. The summed E-state index contributed by atoms with van der Waals surface area (Å²) in [5.74, 6) is 0.812. The molecule has 0 rings (SSSR count). The van der Waals surface area contributed by atoms with E-state index in [0.717, 1.165) is 18.8 Å². The summed E-state index contributed by atoms with van der Waals surface area (Å²) in [5.41, 5.74) is 0. The number of nitrogens with one attached hydrogen (secondary N) is 1. The minimum Gasteiger partial charge on any atom is -0.396 e. The van der Waals surface area contributed by atoms with Crippen LogP contribution in [0.4, 0.5) is 0 Å². The summed E-state index contributed by atoms with van der Waals surface area (Å²) in [6.07, 6.45) is 5.73. The molecule has 0 aliphatic rings. The van der Waals surface area contributed by atoms with Crippen molar-refractivity contribution >= 4 is 0 Å². The van der Waals surface area contributed by atoms with Gasteiger partial charge in [-0.1, -0.05) is 27.2 Å². The summed E-state index contributed by atoms with van der Waals surface area (Å²) >= 11 is 0. The summed E-state index contributed by atoms with van der Waals surface area (Å²) in [6.45, 7) is 9.36. The van der Waals surface area contributed by atoms with E-state index in [1.165, 1.54) is 19.3 Å². The quantitative estimate of drug-likeness (QED) is 0.620. The van der Waals surface area contributed by atoms with Gasteiger partial charge in [0.1, 0.15) is 0 Å². The van der Waals surface area contributed by atoms with E-state index in [1.54, 1.807) is 0 Å². The predicted octanol–water partition coefficient (Wildman–Crippen LogP) is 2.95. The largest absolute Gasteiger partial charge is 0.396 e. The highest BCUT2D eigenvalue weighted by Gasteiger charge is 2.12. The normalized spacial score (nSPS) is 17.4. The average Bonchev–Trinajstić information content (AvgIpc) is 2.25. The SMILES string of the molecule is CC[C@H](C)C[C@@H](CC)N[C@@H](C)CCCO. The fourth-order valence-corrected chi connectivity index (χ4v) is 1.89. The topological polar surface area (TPSA) is 32.3 Å². The monoisotopic (exact) mass is 215 g/mol. The fraction of sp³-hybridized carbons (Fsp3) is 1.00. The van der Waals surface area contributed by atoms with Crippen molar-refractivity contribution in [2.75, 3.05) is 6.61 Å². The van der Waals surface area contributed by atoms with Gasteiger partial charge in [-0.3, -0.25) is 0 Å². The molecule has 0 spiro atoms. The number of hydrogen-bond acceptors (Lipinski definition) is 2. The van der Waals surface area contributed by atoms with E-state index >= 15 is 0 Å². The van der Waals surface area contributed by atoms with E-state index in [4.69, 9.17) is 5.11 Å². The molecule has 0 aliphatic heterocycles. The number of rotatable bonds is 9. The third-order valence-corrected chi connectivity index (χ3v) is 3.19. The van der Waals surface area contributed by atoms with Crippen LogP contribution in [0.2, 0.25) is 0 Å². The Balaban J connectivity index is 3.76. The zero-order valence-electron chi connectivity index (χ0n) is 10.9. The Hall–Kier alpha value is -0.0800. The summed E-state index contributed by atoms with van der Waals surface area (Å²) in [4.78, 5) is 0. The molecule has 0 aromatic heterocycles. The molecule has 2 nitrogen and oxygen atoms in total. The summed E-state index contributed by atoms with van der Waals surface area (Å²) in [7, 11) is 0. The van der Waals surface area contributed by atoms with Crippen molar-refractivity contribution in [1.29, 1.82) is 0 Å². The van der Waals surface area contributed by atoms with Crippen molar-refractivity contribution in [3.05, 3.63) is 0 Å². The van der Waals surface area contributed by atoms with Gasteiger partial charge >= 0.3 is 0 Å². The van der Waals surface area contributed by atoms with Crippen LogP contribution in [-0.2, 0) is 0 Å². The van der Waals surface area contributed by atoms with Crippen LogP contribution in [0.25, 0.3) is 0 Å². The third kappa shape index (κ3) is 7.80. The first kappa shape index (κ1) is 14.9. The first-order valence-electron chi connectivity index (χ1n) is 6.50. The lowest BCUT2D eigenvalue weighted by atomic mass is 9.97. The van der Waals surface area contributed by atoms with E-state index in [9.17, 15) is 0 Å². The maximum absolute atomic E-state index is 8.76. The van der Waals surface area contributed by atoms with Crippen molar-refractivity contribution in [3.63, 3.8) is 0 Å². The summed E-state index contributed by atoms with van der Waals surface area (Å²) in [6, 6.07) is 1.18. The molecule has 15 heavy (non-hydrogen) atoms. The van der Waals surface area contributed by atoms with Crippen LogP contribution in [0.15, 0.2) is 0 Å². The number of aliphatic hydroxyl groups is 1. The molecule has 0 saturated heterocycles. The Morgan fingerprint density at radius 3 is 2.27 bits per heavy atom. The van der Waals surface area contributed by atoms with Gasteiger partial charge in [-0.15, -0.1) is 0 Å². The van der Waals surface area contributed by atoms with Crippen molar-refractivity contribution < 1.29 is 5.11 Å². The molecule has 2 N–H and O–H groups in total. The van der Waals surface area contributed by atoms with E-state index in [-0.39, 0.29) is 0 Å². The van der Waals surface area contributed by atoms with Gasteiger partial charge in [0, 0.05) is 18.7 Å². The lowest BCUT2D eigenvalue weighted by molar-refractivity contribution is 0.269. The first-order valence-corrected chi connectivity index (χ1v) is 6.50. The second-order valence-corrected chi connectivity index (χ2v) is 4.79. The predicted molar refractivity (Wildman–Crippen MR) is 67.1 cm³/mol. The molecule has 0 aromatic carbocycles. The minimum atomic E-state index is 0.314. The van der Waals surface area contributed by atoms with Crippen LogP contribution in [0, 0.1) is 5.92 Å². The highest BCUT2D eigenvalue weighted by molar-refractivity contribution is 4.72. The molecular formula is C13H29NO. The Morgan fingerprint density at radius 1 is 1.13 bits per heavy atom. The van der Waals surface area contributed by atoms with Crippen LogP contribution >= 0.6 is 0 Å². The first-order chi connectivity index (χ1) is 7.13. The highest BCUT2D eigenvalue weighted by Crippen LogP contribution is 2.13.